The summed E-state index contributed by atoms with van der Waals surface area (Å²) in [4.78, 5) is 7.35. The lowest BCUT2D eigenvalue weighted by molar-refractivity contribution is 0.349. The van der Waals surface area contributed by atoms with E-state index in [1.54, 1.807) is 11.8 Å². The van der Waals surface area contributed by atoms with Crippen LogP contribution >= 0.6 is 11.8 Å². The van der Waals surface area contributed by atoms with Gasteiger partial charge in [0.15, 0.2) is 5.09 Å². The van der Waals surface area contributed by atoms with Gasteiger partial charge in [-0.05, 0) is 24.0 Å². The van der Waals surface area contributed by atoms with Crippen molar-refractivity contribution in [2.75, 3.05) is 11.2 Å². The van der Waals surface area contributed by atoms with Crippen LogP contribution in [0.4, 0.5) is 5.69 Å². The normalized spacial score (nSPS) is 13.2. The van der Waals surface area contributed by atoms with Gasteiger partial charge in [-0.15, -0.1) is 0 Å². The first-order valence-electron chi connectivity index (χ1n) is 9.13. The molecular weight excluding hydrogens is 370 g/mol. The van der Waals surface area contributed by atoms with Crippen LogP contribution in [0.1, 0.15) is 11.1 Å². The summed E-state index contributed by atoms with van der Waals surface area (Å²) in [5, 5.41) is 13.7. The van der Waals surface area contributed by atoms with Gasteiger partial charge in [-0.3, -0.25) is 0 Å². The standard InChI is InChI=1S/C21H17N5OS/c1-28-21-15-11-26(10-12-5-3-2-4-6-12)20-14-7-13-9-22-24-16(13)8-17(14)23-19(20)18(15)25-27-21/h2-9,22,24H,10-11H2,1H3. The van der Waals surface area contributed by atoms with Crippen LogP contribution < -0.4 is 4.90 Å². The minimum Gasteiger partial charge on any atom is -0.360 e. The minimum absolute atomic E-state index is 0.759. The summed E-state index contributed by atoms with van der Waals surface area (Å²) in [7, 11) is 0. The molecule has 5 aromatic rings. The number of benzene rings is 2. The van der Waals surface area contributed by atoms with E-state index in [9.17, 15) is 0 Å². The van der Waals surface area contributed by atoms with Gasteiger partial charge in [0.25, 0.3) is 0 Å². The van der Waals surface area contributed by atoms with Crippen LogP contribution in [-0.2, 0) is 13.1 Å². The Labute approximate surface area is 164 Å². The number of aromatic nitrogens is 4. The monoisotopic (exact) mass is 387 g/mol. The number of H-pyrrole nitrogens is 2. The molecule has 28 heavy (non-hydrogen) atoms. The third-order valence-electron chi connectivity index (χ3n) is 5.36. The fraction of sp³-hybridized carbons (Fsp3) is 0.143. The molecule has 2 aromatic carbocycles. The Hall–Kier alpha value is -3.19. The number of hydrogen-bond donors (Lipinski definition) is 2. The Kier molecular flexibility index (Phi) is 3.34. The predicted molar refractivity (Wildman–Crippen MR) is 112 cm³/mol. The molecule has 6 nitrogen and oxygen atoms in total. The molecule has 1 aliphatic heterocycles. The SMILES string of the molecule is CSc1onc2c1CN(Cc1ccccc1)c1c-2nc2cc3[nH][nH]cc3cc12. The maximum absolute atomic E-state index is 5.62. The van der Waals surface area contributed by atoms with Crippen molar-refractivity contribution in [3.05, 3.63) is 59.8 Å². The zero-order valence-corrected chi connectivity index (χ0v) is 16.0. The highest BCUT2D eigenvalue weighted by molar-refractivity contribution is 7.98. The molecule has 0 saturated heterocycles. The third-order valence-corrected chi connectivity index (χ3v) is 6.05. The van der Waals surface area contributed by atoms with E-state index in [1.807, 2.05) is 18.5 Å². The van der Waals surface area contributed by atoms with Crippen LogP contribution in [-0.4, -0.2) is 26.6 Å². The molecule has 138 valence electrons. The lowest BCUT2D eigenvalue weighted by Crippen LogP contribution is -2.25. The van der Waals surface area contributed by atoms with Crippen molar-refractivity contribution in [2.24, 2.45) is 0 Å². The van der Waals surface area contributed by atoms with Gasteiger partial charge in [0.05, 0.1) is 28.8 Å². The maximum atomic E-state index is 5.62. The van der Waals surface area contributed by atoms with Crippen molar-refractivity contribution in [3.8, 4) is 11.4 Å². The van der Waals surface area contributed by atoms with Crippen LogP contribution in [0.5, 0.6) is 0 Å². The lowest BCUT2D eigenvalue weighted by Gasteiger charge is -2.28. The summed E-state index contributed by atoms with van der Waals surface area (Å²) in [6, 6.07) is 14.8. The number of nitrogens with one attached hydrogen (secondary N) is 2. The Morgan fingerprint density at radius 1 is 1.18 bits per heavy atom. The van der Waals surface area contributed by atoms with E-state index in [4.69, 9.17) is 9.51 Å². The smallest absolute Gasteiger partial charge is 0.198 e. The number of hydrogen-bond acceptors (Lipinski definition) is 5. The lowest BCUT2D eigenvalue weighted by atomic mass is 10.0. The zero-order valence-electron chi connectivity index (χ0n) is 15.2. The Morgan fingerprint density at radius 2 is 2.07 bits per heavy atom. The molecule has 1 aliphatic rings. The van der Waals surface area contributed by atoms with E-state index in [2.05, 4.69) is 56.7 Å². The second-order valence-electron chi connectivity index (χ2n) is 7.02. The van der Waals surface area contributed by atoms with E-state index in [0.717, 1.165) is 62.6 Å². The van der Waals surface area contributed by atoms with Crippen molar-refractivity contribution in [2.45, 2.75) is 18.2 Å². The van der Waals surface area contributed by atoms with Crippen LogP contribution in [0, 0.1) is 0 Å². The molecule has 0 spiro atoms. The summed E-state index contributed by atoms with van der Waals surface area (Å²) < 4.78 is 5.62. The average Bonchev–Trinajstić information content (AvgIpc) is 3.42. The highest BCUT2D eigenvalue weighted by atomic mass is 32.2. The summed E-state index contributed by atoms with van der Waals surface area (Å²) in [5.74, 6) is 0. The molecule has 0 atom stereocenters. The first kappa shape index (κ1) is 15.8. The van der Waals surface area contributed by atoms with Gasteiger partial charge in [-0.25, -0.2) is 4.98 Å². The van der Waals surface area contributed by atoms with Crippen molar-refractivity contribution in [3.63, 3.8) is 0 Å². The van der Waals surface area contributed by atoms with Crippen molar-refractivity contribution < 1.29 is 4.52 Å². The van der Waals surface area contributed by atoms with E-state index >= 15 is 0 Å². The fourth-order valence-corrected chi connectivity index (χ4v) is 4.60. The van der Waals surface area contributed by atoms with Crippen LogP contribution in [0.2, 0.25) is 0 Å². The van der Waals surface area contributed by atoms with Crippen molar-refractivity contribution in [1.82, 2.24) is 20.3 Å². The van der Waals surface area contributed by atoms with Crippen LogP contribution in [0.3, 0.4) is 0 Å². The molecule has 0 aliphatic carbocycles. The maximum Gasteiger partial charge on any atom is 0.198 e. The highest BCUT2D eigenvalue weighted by Crippen LogP contribution is 2.46. The quantitative estimate of drug-likeness (QED) is 0.429. The topological polar surface area (TPSA) is 73.7 Å². The number of rotatable bonds is 3. The minimum atomic E-state index is 0.759. The zero-order chi connectivity index (χ0) is 18.7. The molecule has 0 saturated carbocycles. The fourth-order valence-electron chi connectivity index (χ4n) is 4.08. The Morgan fingerprint density at radius 3 is 2.93 bits per heavy atom. The predicted octanol–water partition coefficient (Wildman–Crippen LogP) is 4.94. The Bertz CT molecular complexity index is 1320. The number of anilines is 1. The van der Waals surface area contributed by atoms with Gasteiger partial charge in [0, 0.05) is 23.5 Å². The molecule has 4 heterocycles. The first-order chi connectivity index (χ1) is 13.8. The number of aromatic amines is 2. The number of fused-ring (bicyclic) bond motifs is 6. The first-order valence-corrected chi connectivity index (χ1v) is 10.4. The number of thioether (sulfide) groups is 1. The van der Waals surface area contributed by atoms with Gasteiger partial charge in [0.2, 0.25) is 0 Å². The van der Waals surface area contributed by atoms with Gasteiger partial charge >= 0.3 is 0 Å². The Balaban J connectivity index is 1.60. The summed E-state index contributed by atoms with van der Waals surface area (Å²) in [6.07, 6.45) is 4.00. The van der Waals surface area contributed by atoms with E-state index < -0.39 is 0 Å². The second kappa shape index (κ2) is 5.90. The number of nitrogens with zero attached hydrogens (tertiary/aromatic N) is 3. The largest absolute Gasteiger partial charge is 0.360 e. The summed E-state index contributed by atoms with van der Waals surface area (Å²) >= 11 is 1.59. The van der Waals surface area contributed by atoms with Crippen molar-refractivity contribution >= 4 is 39.3 Å². The molecule has 3 aromatic heterocycles. The van der Waals surface area contributed by atoms with Crippen molar-refractivity contribution in [1.29, 1.82) is 0 Å². The molecule has 0 fully saturated rings. The molecule has 6 rings (SSSR count). The van der Waals surface area contributed by atoms with Gasteiger partial charge in [-0.2, -0.15) is 0 Å². The van der Waals surface area contributed by atoms with Gasteiger partial charge < -0.3 is 19.6 Å². The van der Waals surface area contributed by atoms with Crippen LogP contribution in [0.15, 0.2) is 58.3 Å². The second-order valence-corrected chi connectivity index (χ2v) is 7.80. The third kappa shape index (κ3) is 2.23. The molecular formula is C21H17N5OS. The summed E-state index contributed by atoms with van der Waals surface area (Å²) in [6.45, 7) is 1.57. The summed E-state index contributed by atoms with van der Waals surface area (Å²) in [5.41, 5.74) is 7.32. The van der Waals surface area contributed by atoms with Crippen LogP contribution in [0.25, 0.3) is 33.2 Å². The molecule has 7 heteroatoms. The van der Waals surface area contributed by atoms with E-state index in [0.29, 0.717) is 0 Å². The van der Waals surface area contributed by atoms with E-state index in [1.165, 1.54) is 5.56 Å². The van der Waals surface area contributed by atoms with Gasteiger partial charge in [-0.1, -0.05) is 47.3 Å². The molecule has 0 bridgehead atoms. The molecule has 0 radical (unpaired) electrons. The van der Waals surface area contributed by atoms with Gasteiger partial charge in [0.1, 0.15) is 11.4 Å². The molecule has 0 amide bonds. The molecule has 2 N–H and O–H groups in total. The highest BCUT2D eigenvalue weighted by Gasteiger charge is 2.32. The van der Waals surface area contributed by atoms with E-state index in [-0.39, 0.29) is 0 Å². The average molecular weight is 387 g/mol. The molecule has 0 unspecified atom stereocenters.